The Labute approximate surface area is 205 Å². The summed E-state index contributed by atoms with van der Waals surface area (Å²) in [6.45, 7) is 6.79. The Morgan fingerprint density at radius 2 is 2.00 bits per heavy atom. The van der Waals surface area contributed by atoms with Crippen LogP contribution in [0, 0.1) is 11.3 Å². The van der Waals surface area contributed by atoms with Crippen molar-refractivity contribution in [2.45, 2.75) is 25.4 Å². The fourth-order valence-corrected chi connectivity index (χ4v) is 5.17. The van der Waals surface area contributed by atoms with Crippen LogP contribution in [0.1, 0.15) is 17.7 Å². The largest absolute Gasteiger partial charge is 0.467 e. The molecular weight excluding hydrogens is 440 g/mol. The van der Waals surface area contributed by atoms with Gasteiger partial charge in [-0.3, -0.25) is 4.79 Å². The van der Waals surface area contributed by atoms with Gasteiger partial charge in [-0.1, -0.05) is 43.0 Å². The van der Waals surface area contributed by atoms with E-state index in [1.807, 2.05) is 0 Å². The van der Waals surface area contributed by atoms with Crippen molar-refractivity contribution in [1.29, 1.82) is 5.26 Å². The molecule has 5 rings (SSSR count). The van der Waals surface area contributed by atoms with Gasteiger partial charge in [0, 0.05) is 42.8 Å². The van der Waals surface area contributed by atoms with Gasteiger partial charge in [0.25, 0.3) is 0 Å². The minimum atomic E-state index is -0.216. The SMILES string of the molecule is C=CC(=O)N1CCN(c2nc(OC)nc3c2CCN(c2cccc4ccccc24)C3)CC1CC#N. The molecule has 0 spiro atoms. The summed E-state index contributed by atoms with van der Waals surface area (Å²) >= 11 is 0. The van der Waals surface area contributed by atoms with Crippen molar-refractivity contribution in [1.82, 2.24) is 14.9 Å². The molecule has 2 aliphatic heterocycles. The molecule has 178 valence electrons. The summed E-state index contributed by atoms with van der Waals surface area (Å²) in [5.74, 6) is 0.705. The third-order valence-electron chi connectivity index (χ3n) is 6.88. The van der Waals surface area contributed by atoms with Gasteiger partial charge in [-0.2, -0.15) is 15.2 Å². The van der Waals surface area contributed by atoms with Crippen LogP contribution < -0.4 is 14.5 Å². The fourth-order valence-electron chi connectivity index (χ4n) is 5.17. The monoisotopic (exact) mass is 468 g/mol. The van der Waals surface area contributed by atoms with Crippen LogP contribution in [0.2, 0.25) is 0 Å². The molecular formula is C27H28N6O2. The summed E-state index contributed by atoms with van der Waals surface area (Å²) in [5.41, 5.74) is 3.26. The second-order valence-electron chi connectivity index (χ2n) is 8.83. The van der Waals surface area contributed by atoms with E-state index in [-0.39, 0.29) is 18.4 Å². The van der Waals surface area contributed by atoms with Crippen LogP contribution in [0.4, 0.5) is 11.5 Å². The van der Waals surface area contributed by atoms with Crippen LogP contribution in [0.25, 0.3) is 10.8 Å². The van der Waals surface area contributed by atoms with E-state index >= 15 is 0 Å². The highest BCUT2D eigenvalue weighted by Crippen LogP contribution is 2.34. The summed E-state index contributed by atoms with van der Waals surface area (Å²) in [4.78, 5) is 28.0. The number of hydrogen-bond donors (Lipinski definition) is 0. The zero-order valence-corrected chi connectivity index (χ0v) is 19.9. The van der Waals surface area contributed by atoms with E-state index in [9.17, 15) is 10.1 Å². The van der Waals surface area contributed by atoms with Crippen molar-refractivity contribution in [3.05, 3.63) is 66.4 Å². The van der Waals surface area contributed by atoms with Gasteiger partial charge in [-0.05, 0) is 23.9 Å². The average Bonchev–Trinajstić information content (AvgIpc) is 2.91. The van der Waals surface area contributed by atoms with Crippen molar-refractivity contribution in [2.75, 3.05) is 43.1 Å². The summed E-state index contributed by atoms with van der Waals surface area (Å²) < 4.78 is 5.48. The topological polar surface area (TPSA) is 85.6 Å². The number of carbonyl (C=O) groups is 1. The summed E-state index contributed by atoms with van der Waals surface area (Å²) in [5, 5.41) is 11.8. The molecule has 2 aliphatic rings. The van der Waals surface area contributed by atoms with Gasteiger partial charge in [-0.15, -0.1) is 0 Å². The highest BCUT2D eigenvalue weighted by Gasteiger charge is 2.33. The normalized spacial score (nSPS) is 17.6. The first-order chi connectivity index (χ1) is 17.1. The van der Waals surface area contributed by atoms with E-state index in [0.717, 1.165) is 30.0 Å². The van der Waals surface area contributed by atoms with Crippen LogP contribution in [0.5, 0.6) is 6.01 Å². The van der Waals surface area contributed by atoms with E-state index < -0.39 is 0 Å². The number of piperazine rings is 1. The van der Waals surface area contributed by atoms with Gasteiger partial charge in [-0.25, -0.2) is 0 Å². The molecule has 1 unspecified atom stereocenters. The van der Waals surface area contributed by atoms with Crippen LogP contribution in [-0.4, -0.2) is 60.1 Å². The Morgan fingerprint density at radius 3 is 2.80 bits per heavy atom. The number of rotatable bonds is 5. The molecule has 1 fully saturated rings. The molecule has 1 amide bonds. The standard InChI is InChI=1S/C27H28N6O2/c1-3-25(34)33-16-15-32(17-20(33)11-13-28)26-22-12-14-31(18-23(22)29-27(30-26)35-2)24-10-6-8-19-7-4-5-9-21(19)24/h3-10,20H,1,11-12,14-18H2,2H3. The Bertz CT molecular complexity index is 1310. The Hall–Kier alpha value is -4.12. The van der Waals surface area contributed by atoms with Gasteiger partial charge in [0.2, 0.25) is 5.91 Å². The minimum absolute atomic E-state index is 0.141. The van der Waals surface area contributed by atoms with Crippen molar-refractivity contribution in [3.8, 4) is 12.1 Å². The van der Waals surface area contributed by atoms with Crippen LogP contribution in [0.3, 0.4) is 0 Å². The fraction of sp³-hybridized carbons (Fsp3) is 0.333. The second-order valence-corrected chi connectivity index (χ2v) is 8.83. The number of amides is 1. The Morgan fingerprint density at radius 1 is 1.17 bits per heavy atom. The van der Waals surface area contributed by atoms with Gasteiger partial charge >= 0.3 is 6.01 Å². The van der Waals surface area contributed by atoms with Gasteiger partial charge in [0.1, 0.15) is 5.82 Å². The molecule has 8 heteroatoms. The van der Waals surface area contributed by atoms with Crippen molar-refractivity contribution < 1.29 is 9.53 Å². The number of nitriles is 1. The number of benzene rings is 2. The van der Waals surface area contributed by atoms with Crippen LogP contribution >= 0.6 is 0 Å². The molecule has 35 heavy (non-hydrogen) atoms. The molecule has 8 nitrogen and oxygen atoms in total. The maximum Gasteiger partial charge on any atom is 0.318 e. The number of hydrogen-bond acceptors (Lipinski definition) is 7. The second kappa shape index (κ2) is 9.63. The van der Waals surface area contributed by atoms with E-state index in [4.69, 9.17) is 14.7 Å². The van der Waals surface area contributed by atoms with Crippen LogP contribution in [0.15, 0.2) is 55.1 Å². The third kappa shape index (κ3) is 4.26. The maximum absolute atomic E-state index is 12.3. The number of aromatic nitrogens is 2. The molecule has 0 saturated carbocycles. The molecule has 0 aliphatic carbocycles. The lowest BCUT2D eigenvalue weighted by Crippen LogP contribution is -2.55. The zero-order chi connectivity index (χ0) is 24.4. The number of carbonyl (C=O) groups excluding carboxylic acids is 1. The van der Waals surface area contributed by atoms with E-state index in [2.05, 4.69) is 64.9 Å². The number of nitrogens with zero attached hydrogens (tertiary/aromatic N) is 6. The van der Waals surface area contributed by atoms with Gasteiger partial charge in [0.15, 0.2) is 0 Å². The van der Waals surface area contributed by atoms with Gasteiger partial charge < -0.3 is 19.4 Å². The van der Waals surface area contributed by atoms with E-state index in [1.54, 1.807) is 12.0 Å². The first kappa shape index (κ1) is 22.7. The lowest BCUT2D eigenvalue weighted by molar-refractivity contribution is -0.128. The molecule has 0 radical (unpaired) electrons. The molecule has 1 aromatic heterocycles. The zero-order valence-electron chi connectivity index (χ0n) is 19.9. The quantitative estimate of drug-likeness (QED) is 0.531. The van der Waals surface area contributed by atoms with E-state index in [1.165, 1.54) is 22.5 Å². The Kier molecular flexibility index (Phi) is 6.23. The summed E-state index contributed by atoms with van der Waals surface area (Å²) in [6.07, 6.45) is 2.37. The molecule has 0 N–H and O–H groups in total. The van der Waals surface area contributed by atoms with E-state index in [0.29, 0.717) is 32.2 Å². The number of fused-ring (bicyclic) bond motifs is 2. The number of methoxy groups -OCH3 is 1. The average molecular weight is 469 g/mol. The molecule has 1 atom stereocenters. The van der Waals surface area contributed by atoms with Crippen molar-refractivity contribution in [2.24, 2.45) is 0 Å². The maximum atomic E-state index is 12.3. The predicted octanol–water partition coefficient (Wildman–Crippen LogP) is 3.32. The van der Waals surface area contributed by atoms with Crippen LogP contribution in [-0.2, 0) is 17.8 Å². The first-order valence-electron chi connectivity index (χ1n) is 11.8. The van der Waals surface area contributed by atoms with Gasteiger partial charge in [0.05, 0.1) is 37.9 Å². The smallest absolute Gasteiger partial charge is 0.318 e. The van der Waals surface area contributed by atoms with Crippen molar-refractivity contribution in [3.63, 3.8) is 0 Å². The minimum Gasteiger partial charge on any atom is -0.467 e. The lowest BCUT2D eigenvalue weighted by atomic mass is 10.0. The molecule has 0 bridgehead atoms. The predicted molar refractivity (Wildman–Crippen MR) is 135 cm³/mol. The highest BCUT2D eigenvalue weighted by atomic mass is 16.5. The Balaban J connectivity index is 1.47. The third-order valence-corrected chi connectivity index (χ3v) is 6.88. The number of ether oxygens (including phenoxy) is 1. The summed E-state index contributed by atoms with van der Waals surface area (Å²) in [6, 6.07) is 17.2. The molecule has 1 saturated heterocycles. The lowest BCUT2D eigenvalue weighted by Gasteiger charge is -2.42. The molecule has 2 aromatic carbocycles. The number of anilines is 2. The van der Waals surface area contributed by atoms with Crippen molar-refractivity contribution >= 4 is 28.2 Å². The molecule has 3 aromatic rings. The summed E-state index contributed by atoms with van der Waals surface area (Å²) in [7, 11) is 1.58. The first-order valence-corrected chi connectivity index (χ1v) is 11.8. The highest BCUT2D eigenvalue weighted by molar-refractivity contribution is 5.94. The molecule has 3 heterocycles.